The van der Waals surface area contributed by atoms with Crippen LogP contribution in [-0.2, 0) is 20.7 Å². The van der Waals surface area contributed by atoms with E-state index >= 15 is 0 Å². The van der Waals surface area contributed by atoms with Crippen molar-refractivity contribution in [3.05, 3.63) is 72.4 Å². The van der Waals surface area contributed by atoms with Crippen molar-refractivity contribution in [1.29, 1.82) is 0 Å². The van der Waals surface area contributed by atoms with E-state index in [4.69, 9.17) is 4.74 Å². The molecule has 1 saturated carbocycles. The largest absolute Gasteiger partial charge is 0.445 e. The van der Waals surface area contributed by atoms with Crippen LogP contribution >= 0.6 is 0 Å². The molecule has 0 aromatic heterocycles. The van der Waals surface area contributed by atoms with Crippen LogP contribution in [-0.4, -0.2) is 45.9 Å². The molecule has 1 amide bonds. The molecule has 8 atom stereocenters. The zero-order chi connectivity index (χ0) is 25.2. The molecule has 2 fully saturated rings. The number of carbonyl (C=O) groups is 2. The quantitative estimate of drug-likeness (QED) is 0.446. The van der Waals surface area contributed by atoms with E-state index in [0.717, 1.165) is 24.8 Å². The molecule has 3 aliphatic rings. The zero-order valence-electron chi connectivity index (χ0n) is 20.6. The normalized spacial score (nSPS) is 40.0. The van der Waals surface area contributed by atoms with Crippen molar-refractivity contribution < 1.29 is 24.5 Å². The van der Waals surface area contributed by atoms with Crippen molar-refractivity contribution in [2.45, 2.75) is 69.8 Å². The highest BCUT2D eigenvalue weighted by atomic mass is 16.6. The van der Waals surface area contributed by atoms with Crippen LogP contribution in [0, 0.1) is 23.7 Å². The predicted molar refractivity (Wildman–Crippen MR) is 134 cm³/mol. The lowest BCUT2D eigenvalue weighted by Crippen LogP contribution is -2.61. The lowest BCUT2D eigenvalue weighted by molar-refractivity contribution is -0.182. The van der Waals surface area contributed by atoms with E-state index in [1.54, 1.807) is 0 Å². The Morgan fingerprint density at radius 3 is 2.60 bits per heavy atom. The molecule has 3 N–H and O–H groups in total. The number of rotatable bonds is 2. The highest BCUT2D eigenvalue weighted by molar-refractivity contribution is 5.94. The molecule has 35 heavy (non-hydrogen) atoms. The summed E-state index contributed by atoms with van der Waals surface area (Å²) in [5.74, 6) is -2.13. The Morgan fingerprint density at radius 1 is 1.11 bits per heavy atom. The van der Waals surface area contributed by atoms with Gasteiger partial charge in [-0.3, -0.25) is 4.79 Å². The Bertz CT molecular complexity index is 1000. The summed E-state index contributed by atoms with van der Waals surface area (Å²) in [7, 11) is 0. The van der Waals surface area contributed by atoms with Crippen molar-refractivity contribution in [2.24, 2.45) is 23.7 Å². The molecule has 0 bridgehead atoms. The molecule has 2 aliphatic heterocycles. The van der Waals surface area contributed by atoms with Gasteiger partial charge in [-0.05, 0) is 48.3 Å². The number of aliphatic hydroxyl groups excluding tert-OH is 2. The Labute approximate surface area is 207 Å². The summed E-state index contributed by atoms with van der Waals surface area (Å²) in [6, 6.07) is 9.59. The lowest BCUT2D eigenvalue weighted by Gasteiger charge is -2.49. The van der Waals surface area contributed by atoms with Crippen LogP contribution in [0.2, 0.25) is 0 Å². The minimum absolute atomic E-state index is 0.262. The minimum atomic E-state index is -1.57. The van der Waals surface area contributed by atoms with Crippen LogP contribution in [0.15, 0.2) is 66.8 Å². The van der Waals surface area contributed by atoms with Gasteiger partial charge in [-0.1, -0.05) is 75.8 Å². The monoisotopic (exact) mass is 479 g/mol. The van der Waals surface area contributed by atoms with Crippen LogP contribution in [0.4, 0.5) is 0 Å². The third kappa shape index (κ3) is 5.00. The molecule has 4 rings (SSSR count). The first-order chi connectivity index (χ1) is 16.7. The topological polar surface area (TPSA) is 95.9 Å². The molecule has 1 saturated heterocycles. The number of ether oxygens (including phenoxy) is 1. The summed E-state index contributed by atoms with van der Waals surface area (Å²) in [5.41, 5.74) is 0.136. The van der Waals surface area contributed by atoms with E-state index in [-0.39, 0.29) is 17.9 Å². The Hall–Kier alpha value is -2.70. The number of nitrogens with one attached hydrogen (secondary N) is 1. The molecule has 0 radical (unpaired) electrons. The molecule has 6 heteroatoms. The maximum Gasteiger partial charge on any atom is 0.331 e. The van der Waals surface area contributed by atoms with Gasteiger partial charge in [0.1, 0.15) is 0 Å². The van der Waals surface area contributed by atoms with Gasteiger partial charge in [0.25, 0.3) is 5.91 Å². The maximum absolute atomic E-state index is 13.7. The van der Waals surface area contributed by atoms with E-state index < -0.39 is 35.6 Å². The highest BCUT2D eigenvalue weighted by Crippen LogP contribution is 2.52. The van der Waals surface area contributed by atoms with Gasteiger partial charge in [0.2, 0.25) is 5.60 Å². The second-order valence-electron chi connectivity index (χ2n) is 10.5. The molecule has 1 aromatic carbocycles. The SMILES string of the molecule is C=C1[C@@H](O)C2/C=C/C[C@H](C)CCC[C@@H](O)/C=C/C(=O)O[C@]23C(=O)N[C@@H](Cc2ccccc2)[C@@H]3[C@@H]1C. The molecule has 1 aliphatic carbocycles. The first-order valence-corrected chi connectivity index (χ1v) is 12.7. The molecule has 1 spiro atoms. The van der Waals surface area contributed by atoms with Gasteiger partial charge < -0.3 is 20.3 Å². The average molecular weight is 480 g/mol. The summed E-state index contributed by atoms with van der Waals surface area (Å²) in [4.78, 5) is 26.8. The fourth-order valence-electron chi connectivity index (χ4n) is 6.09. The van der Waals surface area contributed by atoms with Gasteiger partial charge >= 0.3 is 5.97 Å². The van der Waals surface area contributed by atoms with Crippen molar-refractivity contribution >= 4 is 11.9 Å². The number of aliphatic hydroxyl groups is 2. The van der Waals surface area contributed by atoms with Crippen molar-refractivity contribution in [3.8, 4) is 0 Å². The smallest absolute Gasteiger partial charge is 0.331 e. The van der Waals surface area contributed by atoms with Crippen LogP contribution in [0.5, 0.6) is 0 Å². The maximum atomic E-state index is 13.7. The van der Waals surface area contributed by atoms with Crippen molar-refractivity contribution in [3.63, 3.8) is 0 Å². The van der Waals surface area contributed by atoms with Gasteiger partial charge in [-0.2, -0.15) is 0 Å². The molecule has 188 valence electrons. The summed E-state index contributed by atoms with van der Waals surface area (Å²) < 4.78 is 6.05. The van der Waals surface area contributed by atoms with Crippen molar-refractivity contribution in [1.82, 2.24) is 5.32 Å². The third-order valence-electron chi connectivity index (χ3n) is 8.04. The summed E-state index contributed by atoms with van der Waals surface area (Å²) >= 11 is 0. The first-order valence-electron chi connectivity index (χ1n) is 12.7. The van der Waals surface area contributed by atoms with Gasteiger partial charge in [-0.25, -0.2) is 4.79 Å². The van der Waals surface area contributed by atoms with E-state index in [2.05, 4.69) is 18.8 Å². The van der Waals surface area contributed by atoms with E-state index in [1.165, 1.54) is 12.2 Å². The average Bonchev–Trinajstić information content (AvgIpc) is 3.09. The van der Waals surface area contributed by atoms with Crippen molar-refractivity contribution in [2.75, 3.05) is 0 Å². The van der Waals surface area contributed by atoms with Gasteiger partial charge in [-0.15, -0.1) is 0 Å². The number of benzene rings is 1. The Balaban J connectivity index is 1.78. The highest BCUT2D eigenvalue weighted by Gasteiger charge is 2.67. The fraction of sp³-hybridized carbons (Fsp3) is 0.517. The lowest BCUT2D eigenvalue weighted by atomic mass is 9.59. The van der Waals surface area contributed by atoms with E-state index in [9.17, 15) is 19.8 Å². The fourth-order valence-corrected chi connectivity index (χ4v) is 6.09. The van der Waals surface area contributed by atoms with Gasteiger partial charge in [0.15, 0.2) is 0 Å². The molecule has 6 nitrogen and oxygen atoms in total. The van der Waals surface area contributed by atoms with E-state index in [0.29, 0.717) is 24.3 Å². The number of allylic oxidation sites excluding steroid dienone is 1. The molecular weight excluding hydrogens is 442 g/mol. The Morgan fingerprint density at radius 2 is 1.86 bits per heavy atom. The van der Waals surface area contributed by atoms with Crippen LogP contribution in [0.25, 0.3) is 0 Å². The van der Waals surface area contributed by atoms with Crippen LogP contribution in [0.1, 0.15) is 45.1 Å². The molecular formula is C29H37NO5. The first kappa shape index (κ1) is 25.4. The van der Waals surface area contributed by atoms with Gasteiger partial charge in [0, 0.05) is 18.0 Å². The van der Waals surface area contributed by atoms with Gasteiger partial charge in [0.05, 0.1) is 18.1 Å². The second-order valence-corrected chi connectivity index (χ2v) is 10.5. The summed E-state index contributed by atoms with van der Waals surface area (Å²) in [5, 5.41) is 24.7. The number of hydrogen-bond donors (Lipinski definition) is 3. The standard InChI is InChI=1S/C29H37NO5/c1-18-9-7-13-22(31)15-16-25(32)35-29-23(14-8-10-18)27(33)20(3)19(2)26(29)24(30-28(29)34)17-21-11-5-4-6-12-21/h4-6,8,11-12,14-16,18-19,22-24,26-27,31,33H,3,7,9-10,13,17H2,1-2H3,(H,30,34)/b14-8+,16-15+/t18-,19-,22-,23?,24+,26+,27-,29-/m1/s1. The predicted octanol–water partition coefficient (Wildman–Crippen LogP) is 3.49. The second kappa shape index (κ2) is 10.5. The summed E-state index contributed by atoms with van der Waals surface area (Å²) in [6.07, 6.45) is 8.39. The molecule has 1 unspecified atom stereocenters. The molecule has 2 heterocycles. The number of esters is 1. The molecule has 1 aromatic rings. The Kier molecular flexibility index (Phi) is 7.62. The minimum Gasteiger partial charge on any atom is -0.445 e. The van der Waals surface area contributed by atoms with Crippen LogP contribution in [0.3, 0.4) is 0 Å². The number of hydrogen-bond acceptors (Lipinski definition) is 5. The number of carbonyl (C=O) groups excluding carboxylic acids is 2. The van der Waals surface area contributed by atoms with E-state index in [1.807, 2.05) is 49.4 Å². The van der Waals surface area contributed by atoms with Crippen LogP contribution < -0.4 is 5.32 Å². The third-order valence-corrected chi connectivity index (χ3v) is 8.04. The zero-order valence-corrected chi connectivity index (χ0v) is 20.6. The summed E-state index contributed by atoms with van der Waals surface area (Å²) in [6.45, 7) is 8.27. The number of amides is 1.